The average molecular weight is 199 g/mol. The van der Waals surface area contributed by atoms with E-state index >= 15 is 0 Å². The van der Waals surface area contributed by atoms with Crippen LogP contribution in [0.4, 0.5) is 13.2 Å². The van der Waals surface area contributed by atoms with Crippen molar-refractivity contribution in [3.8, 4) is 0 Å². The summed E-state index contributed by atoms with van der Waals surface area (Å²) >= 11 is 0. The monoisotopic (exact) mass is 199 g/mol. The Morgan fingerprint density at radius 3 is 1.58 bits per heavy atom. The topological polar surface area (TPSA) is 20.3 Å². The molecule has 0 saturated carbocycles. The third-order valence-electron chi connectivity index (χ3n) is 1.24. The number of hydrogen-bond acceptors (Lipinski definition) is 1. The third-order valence-corrected chi connectivity index (χ3v) is 3.15. The zero-order chi connectivity index (χ0) is 10.2. The Bertz CT molecular complexity index is 170. The predicted molar refractivity (Wildman–Crippen MR) is 41.9 cm³/mol. The lowest BCUT2D eigenvalue weighted by Gasteiger charge is -2.34. The Hall–Kier alpha value is -0.523. The number of hydrogen-bond donors (Lipinski definition) is 0. The molecule has 0 radical (unpaired) electrons. The lowest BCUT2D eigenvalue weighted by atomic mass is 10.7. The lowest BCUT2D eigenvalue weighted by Crippen LogP contribution is -2.56. The molecule has 0 saturated heterocycles. The van der Waals surface area contributed by atoms with E-state index in [1.807, 2.05) is 0 Å². The van der Waals surface area contributed by atoms with Crippen LogP contribution >= 0.6 is 0 Å². The molecule has 0 spiro atoms. The fourth-order valence-corrected chi connectivity index (χ4v) is 2.74. The minimum atomic E-state index is -4.53. The molecule has 1 amide bonds. The van der Waals surface area contributed by atoms with Gasteiger partial charge >= 0.3 is 6.30 Å². The highest BCUT2D eigenvalue weighted by atomic mass is 28.3. The summed E-state index contributed by atoms with van der Waals surface area (Å²) in [6.07, 6.45) is -4.53. The molecule has 0 fully saturated rings. The minimum absolute atomic E-state index is 0.0417. The minimum Gasteiger partial charge on any atom is -0.285 e. The molecule has 0 bridgehead atoms. The highest BCUT2D eigenvalue weighted by Crippen LogP contribution is 2.27. The van der Waals surface area contributed by atoms with Crippen LogP contribution in [0.3, 0.4) is 0 Å². The van der Waals surface area contributed by atoms with Crippen LogP contribution in [0.5, 0.6) is 0 Å². The van der Waals surface area contributed by atoms with Crippen molar-refractivity contribution >= 4 is 14.1 Å². The molecule has 0 atom stereocenters. The van der Waals surface area contributed by atoms with Gasteiger partial charge < -0.3 is 0 Å². The third kappa shape index (κ3) is 2.84. The molecular weight excluding hydrogens is 187 g/mol. The Kier molecular flexibility index (Phi) is 2.95. The smallest absolute Gasteiger partial charge is 0.285 e. The van der Waals surface area contributed by atoms with Gasteiger partial charge in [-0.05, 0) is 0 Å². The lowest BCUT2D eigenvalue weighted by molar-refractivity contribution is -0.215. The van der Waals surface area contributed by atoms with Crippen LogP contribution in [0, 0.1) is 0 Å². The molecular formula is C6H12F3NOSi. The van der Waals surface area contributed by atoms with Gasteiger partial charge in [0.2, 0.25) is 5.91 Å². The van der Waals surface area contributed by atoms with Gasteiger partial charge in [-0.25, -0.2) is 0 Å². The number of nitrogens with zero attached hydrogens (tertiary/aromatic N) is 1. The fourth-order valence-electron chi connectivity index (χ4n) is 1.03. The predicted octanol–water partition coefficient (Wildman–Crippen LogP) is 2.19. The molecule has 0 aromatic rings. The normalized spacial score (nSPS) is 12.9. The molecule has 0 heterocycles. The van der Waals surface area contributed by atoms with Gasteiger partial charge in [0.25, 0.3) is 0 Å². The van der Waals surface area contributed by atoms with Crippen LogP contribution in [-0.2, 0) is 4.79 Å². The second kappa shape index (κ2) is 3.08. The summed E-state index contributed by atoms with van der Waals surface area (Å²) in [7, 11) is -2.63. The second-order valence-corrected chi connectivity index (χ2v) is 8.28. The Morgan fingerprint density at radius 1 is 1.25 bits per heavy atom. The van der Waals surface area contributed by atoms with Gasteiger partial charge in [0.05, 0.1) is 0 Å². The summed E-state index contributed by atoms with van der Waals surface area (Å²) in [5, 5.41) is 0. The molecule has 0 unspecified atom stereocenters. The van der Waals surface area contributed by atoms with Gasteiger partial charge in [-0.2, -0.15) is 13.2 Å². The molecule has 0 N–H and O–H groups in total. The Balaban J connectivity index is 4.82. The van der Waals surface area contributed by atoms with E-state index < -0.39 is 20.4 Å². The Labute approximate surface area is 70.4 Å². The molecule has 12 heavy (non-hydrogen) atoms. The second-order valence-electron chi connectivity index (χ2n) is 3.49. The maximum absolute atomic E-state index is 12.2. The summed E-state index contributed by atoms with van der Waals surface area (Å²) < 4.78 is 36.7. The number of halogens is 3. The van der Waals surface area contributed by atoms with Crippen molar-refractivity contribution < 1.29 is 18.0 Å². The van der Waals surface area contributed by atoms with Crippen molar-refractivity contribution in [2.75, 3.05) is 0 Å². The van der Waals surface area contributed by atoms with Gasteiger partial charge in [-0.1, -0.05) is 19.6 Å². The van der Waals surface area contributed by atoms with Gasteiger partial charge in [0.15, 0.2) is 8.24 Å². The summed E-state index contributed by atoms with van der Waals surface area (Å²) in [6, 6.07) is 0. The van der Waals surface area contributed by atoms with Gasteiger partial charge in [0, 0.05) is 6.92 Å². The van der Waals surface area contributed by atoms with Crippen molar-refractivity contribution in [1.82, 2.24) is 4.57 Å². The maximum Gasteiger partial charge on any atom is 0.479 e. The molecule has 0 aromatic heterocycles. The average Bonchev–Trinajstić information content (AvgIpc) is 1.49. The Morgan fingerprint density at radius 2 is 1.58 bits per heavy atom. The molecule has 6 heteroatoms. The number of rotatable bonds is 1. The van der Waals surface area contributed by atoms with E-state index in [4.69, 9.17) is 0 Å². The molecule has 0 rings (SSSR count). The number of carbonyl (C=O) groups excluding carboxylic acids is 1. The summed E-state index contributed by atoms with van der Waals surface area (Å²) in [4.78, 5) is 10.7. The summed E-state index contributed by atoms with van der Waals surface area (Å²) in [5.41, 5.74) is 0. The van der Waals surface area contributed by atoms with Crippen molar-refractivity contribution in [3.05, 3.63) is 0 Å². The van der Waals surface area contributed by atoms with Crippen molar-refractivity contribution in [3.63, 3.8) is 0 Å². The SMILES string of the molecule is CC(=O)N(C(F)(F)F)[Si](C)(C)C. The maximum atomic E-state index is 12.2. The summed E-state index contributed by atoms with van der Waals surface area (Å²) in [5.74, 6) is -0.929. The number of carbonyl (C=O) groups is 1. The van der Waals surface area contributed by atoms with Crippen LogP contribution in [-0.4, -0.2) is 25.0 Å². The van der Waals surface area contributed by atoms with Gasteiger partial charge in [-0.3, -0.25) is 9.36 Å². The van der Waals surface area contributed by atoms with Crippen LogP contribution in [0.15, 0.2) is 0 Å². The molecule has 2 nitrogen and oxygen atoms in total. The largest absolute Gasteiger partial charge is 0.479 e. The summed E-state index contributed by atoms with van der Waals surface area (Å²) in [6.45, 7) is 5.36. The van der Waals surface area contributed by atoms with Crippen LogP contribution < -0.4 is 0 Å². The molecule has 72 valence electrons. The van der Waals surface area contributed by atoms with E-state index in [1.165, 1.54) is 19.6 Å². The first-order chi connectivity index (χ1) is 5.07. The van der Waals surface area contributed by atoms with E-state index in [0.717, 1.165) is 6.92 Å². The zero-order valence-corrected chi connectivity index (χ0v) is 8.49. The molecule has 0 aliphatic carbocycles. The van der Waals surface area contributed by atoms with Crippen LogP contribution in [0.2, 0.25) is 19.6 Å². The standard InChI is InChI=1S/C6H12F3NOSi/c1-5(11)10(6(7,8)9)12(2,3)4/h1-4H3. The number of amides is 1. The van der Waals surface area contributed by atoms with Crippen molar-refractivity contribution in [2.24, 2.45) is 0 Å². The quantitative estimate of drug-likeness (QED) is 0.468. The van der Waals surface area contributed by atoms with Gasteiger partial charge in [0.1, 0.15) is 0 Å². The first-order valence-electron chi connectivity index (χ1n) is 3.44. The van der Waals surface area contributed by atoms with E-state index in [-0.39, 0.29) is 4.57 Å². The van der Waals surface area contributed by atoms with E-state index in [1.54, 1.807) is 0 Å². The molecule has 0 aromatic carbocycles. The number of alkyl halides is 3. The van der Waals surface area contributed by atoms with E-state index in [0.29, 0.717) is 0 Å². The van der Waals surface area contributed by atoms with Crippen LogP contribution in [0.1, 0.15) is 6.92 Å². The molecule has 0 aliphatic rings. The van der Waals surface area contributed by atoms with Crippen molar-refractivity contribution in [2.45, 2.75) is 32.9 Å². The molecule has 0 aliphatic heterocycles. The van der Waals surface area contributed by atoms with E-state index in [2.05, 4.69) is 0 Å². The van der Waals surface area contributed by atoms with Gasteiger partial charge in [-0.15, -0.1) is 0 Å². The first kappa shape index (κ1) is 11.5. The zero-order valence-electron chi connectivity index (χ0n) is 7.49. The van der Waals surface area contributed by atoms with Crippen LogP contribution in [0.25, 0.3) is 0 Å². The highest BCUT2D eigenvalue weighted by Gasteiger charge is 2.46. The van der Waals surface area contributed by atoms with Crippen molar-refractivity contribution in [1.29, 1.82) is 0 Å². The highest BCUT2D eigenvalue weighted by molar-refractivity contribution is 6.75. The first-order valence-corrected chi connectivity index (χ1v) is 6.89. The fraction of sp³-hybridized carbons (Fsp3) is 0.833. The van der Waals surface area contributed by atoms with E-state index in [9.17, 15) is 18.0 Å².